The molecule has 1 aliphatic carbocycles. The molecule has 2 heterocycles. The van der Waals surface area contributed by atoms with Crippen molar-refractivity contribution in [1.29, 1.82) is 0 Å². The van der Waals surface area contributed by atoms with Gasteiger partial charge in [-0.1, -0.05) is 13.0 Å². The molecule has 0 radical (unpaired) electrons. The van der Waals surface area contributed by atoms with Crippen molar-refractivity contribution in [2.75, 3.05) is 35.5 Å². The Morgan fingerprint density at radius 1 is 0.868 bits per heavy atom. The van der Waals surface area contributed by atoms with Crippen LogP contribution in [-0.2, 0) is 12.8 Å². The summed E-state index contributed by atoms with van der Waals surface area (Å²) in [5.74, 6) is 2.85. The second-order valence-electron chi connectivity index (χ2n) is 9.10. The highest BCUT2D eigenvalue weighted by Gasteiger charge is 2.31. The van der Waals surface area contributed by atoms with Gasteiger partial charge in [0.2, 0.25) is 5.75 Å². The number of carbonyl (C=O) groups excluding carboxylic acids is 1. The number of methoxy groups -OCH3 is 5. The first-order valence-electron chi connectivity index (χ1n) is 12.4. The zero-order valence-corrected chi connectivity index (χ0v) is 22.5. The number of ketones is 1. The summed E-state index contributed by atoms with van der Waals surface area (Å²) in [5.41, 5.74) is 5.71. The summed E-state index contributed by atoms with van der Waals surface area (Å²) in [6.45, 7) is 2.05. The predicted molar refractivity (Wildman–Crippen MR) is 142 cm³/mol. The lowest BCUT2D eigenvalue weighted by atomic mass is 9.82. The van der Waals surface area contributed by atoms with Crippen LogP contribution in [0.5, 0.6) is 28.7 Å². The molecule has 0 spiro atoms. The molecule has 0 N–H and O–H groups in total. The Balaban J connectivity index is 1.62. The summed E-state index contributed by atoms with van der Waals surface area (Å²) in [6.07, 6.45) is 3.46. The molecule has 2 aromatic carbocycles. The number of nitrogens with zero attached hydrogens (tertiary/aromatic N) is 3. The van der Waals surface area contributed by atoms with Gasteiger partial charge in [0, 0.05) is 18.2 Å². The molecule has 0 saturated heterocycles. The number of Topliss-reactive ketones (excluding diaryl/α,β-unsaturated/α-hetero) is 1. The molecule has 198 valence electrons. The highest BCUT2D eigenvalue weighted by Crippen LogP contribution is 2.43. The summed E-state index contributed by atoms with van der Waals surface area (Å²) >= 11 is 0. The predicted octanol–water partition coefficient (Wildman–Crippen LogP) is 4.91. The summed E-state index contributed by atoms with van der Waals surface area (Å²) in [7, 11) is 7.96. The van der Waals surface area contributed by atoms with E-state index < -0.39 is 0 Å². The molecule has 0 amide bonds. The molecule has 1 unspecified atom stereocenters. The zero-order chi connectivity index (χ0) is 27.0. The Kier molecular flexibility index (Phi) is 6.84. The van der Waals surface area contributed by atoms with Crippen LogP contribution in [0.2, 0.25) is 0 Å². The van der Waals surface area contributed by atoms with Crippen LogP contribution in [-0.4, -0.2) is 55.9 Å². The topological polar surface area (TPSA) is 93.4 Å². The van der Waals surface area contributed by atoms with Gasteiger partial charge in [-0.2, -0.15) is 5.10 Å². The van der Waals surface area contributed by atoms with Gasteiger partial charge in [0.25, 0.3) is 0 Å². The van der Waals surface area contributed by atoms with Crippen molar-refractivity contribution >= 4 is 11.4 Å². The fraction of sp³-hybridized carbons (Fsp3) is 0.345. The SMILES string of the molecule is CCc1nn2cc3c(nc2c1-c1ccc(OC)c(OC)c1)CC(c1cc(OC)c(OC)c(OC)c1)CC3=O. The fourth-order valence-corrected chi connectivity index (χ4v) is 5.19. The van der Waals surface area contributed by atoms with Crippen LogP contribution in [0.1, 0.15) is 46.6 Å². The van der Waals surface area contributed by atoms with Crippen LogP contribution in [0.4, 0.5) is 0 Å². The quantitative estimate of drug-likeness (QED) is 0.325. The smallest absolute Gasteiger partial charge is 0.203 e. The van der Waals surface area contributed by atoms with Crippen LogP contribution < -0.4 is 23.7 Å². The van der Waals surface area contributed by atoms with Gasteiger partial charge in [0.05, 0.1) is 52.5 Å². The summed E-state index contributed by atoms with van der Waals surface area (Å²) in [6, 6.07) is 9.60. The minimum absolute atomic E-state index is 0.0283. The normalized spacial score (nSPS) is 14.8. The lowest BCUT2D eigenvalue weighted by molar-refractivity contribution is 0.0962. The third-order valence-electron chi connectivity index (χ3n) is 7.10. The average Bonchev–Trinajstić information content (AvgIpc) is 3.32. The van der Waals surface area contributed by atoms with Gasteiger partial charge in [-0.05, 0) is 54.2 Å². The molecule has 5 rings (SSSR count). The number of hydrogen-bond acceptors (Lipinski definition) is 8. The van der Waals surface area contributed by atoms with Crippen LogP contribution in [0.15, 0.2) is 36.5 Å². The molecule has 0 saturated carbocycles. The molecule has 1 aliphatic rings. The number of benzene rings is 2. The van der Waals surface area contributed by atoms with Gasteiger partial charge in [-0.3, -0.25) is 4.79 Å². The van der Waals surface area contributed by atoms with Crippen LogP contribution in [0.25, 0.3) is 16.8 Å². The second kappa shape index (κ2) is 10.2. The standard InChI is InChI=1S/C29H31N3O6/c1-7-20-27(16-8-9-23(34-2)24(12-16)35-3)29-30-21-10-17(11-22(33)19(21)15-32(29)31-20)18-13-25(36-4)28(38-6)26(14-18)37-5/h8-9,12-15,17H,7,10-11H2,1-6H3. The molecule has 0 fully saturated rings. The van der Waals surface area contributed by atoms with Crippen molar-refractivity contribution < 1.29 is 28.5 Å². The first kappa shape index (κ1) is 25.4. The Morgan fingerprint density at radius 3 is 2.16 bits per heavy atom. The van der Waals surface area contributed by atoms with E-state index in [9.17, 15) is 4.79 Å². The van der Waals surface area contributed by atoms with E-state index in [1.165, 1.54) is 0 Å². The molecule has 4 aromatic rings. The molecular formula is C29H31N3O6. The highest BCUT2D eigenvalue weighted by molar-refractivity contribution is 5.99. The summed E-state index contributed by atoms with van der Waals surface area (Å²) in [4.78, 5) is 18.4. The molecule has 1 atom stereocenters. The monoisotopic (exact) mass is 517 g/mol. The first-order valence-corrected chi connectivity index (χ1v) is 12.4. The molecule has 0 bridgehead atoms. The van der Waals surface area contributed by atoms with Crippen molar-refractivity contribution in [3.63, 3.8) is 0 Å². The molecule has 0 aliphatic heterocycles. The van der Waals surface area contributed by atoms with E-state index in [1.54, 1.807) is 40.1 Å². The number of ether oxygens (including phenoxy) is 5. The highest BCUT2D eigenvalue weighted by atomic mass is 16.5. The number of aromatic nitrogens is 3. The van der Waals surface area contributed by atoms with Gasteiger partial charge in [0.1, 0.15) is 0 Å². The van der Waals surface area contributed by atoms with E-state index in [0.29, 0.717) is 59.2 Å². The third-order valence-corrected chi connectivity index (χ3v) is 7.10. The minimum atomic E-state index is -0.0863. The molecule has 9 heteroatoms. The van der Waals surface area contributed by atoms with Crippen molar-refractivity contribution in [2.45, 2.75) is 32.1 Å². The number of aryl methyl sites for hydroxylation is 1. The Hall–Kier alpha value is -4.27. The third kappa shape index (κ3) is 4.17. The van der Waals surface area contributed by atoms with E-state index in [4.69, 9.17) is 33.8 Å². The maximum absolute atomic E-state index is 13.3. The van der Waals surface area contributed by atoms with Crippen LogP contribution >= 0.6 is 0 Å². The number of hydrogen-bond donors (Lipinski definition) is 0. The molecule has 2 aromatic heterocycles. The zero-order valence-electron chi connectivity index (χ0n) is 22.5. The van der Waals surface area contributed by atoms with Gasteiger partial charge in [-0.15, -0.1) is 0 Å². The fourth-order valence-electron chi connectivity index (χ4n) is 5.19. The van der Waals surface area contributed by atoms with Gasteiger partial charge < -0.3 is 23.7 Å². The number of fused-ring (bicyclic) bond motifs is 2. The molecular weight excluding hydrogens is 486 g/mol. The summed E-state index contributed by atoms with van der Waals surface area (Å²) in [5, 5.41) is 4.77. The second-order valence-corrected chi connectivity index (χ2v) is 9.10. The molecule has 38 heavy (non-hydrogen) atoms. The van der Waals surface area contributed by atoms with Crippen molar-refractivity contribution in [3.05, 3.63) is 59.0 Å². The Morgan fingerprint density at radius 2 is 1.55 bits per heavy atom. The maximum atomic E-state index is 13.3. The minimum Gasteiger partial charge on any atom is -0.493 e. The largest absolute Gasteiger partial charge is 0.493 e. The number of carbonyl (C=O) groups is 1. The van der Waals surface area contributed by atoms with Gasteiger partial charge in [-0.25, -0.2) is 9.50 Å². The average molecular weight is 518 g/mol. The summed E-state index contributed by atoms with van der Waals surface area (Å²) < 4.78 is 29.2. The maximum Gasteiger partial charge on any atom is 0.203 e. The van der Waals surface area contributed by atoms with E-state index in [0.717, 1.165) is 28.1 Å². The Labute approximate surface area is 221 Å². The van der Waals surface area contributed by atoms with Gasteiger partial charge >= 0.3 is 0 Å². The van der Waals surface area contributed by atoms with E-state index in [-0.39, 0.29) is 11.7 Å². The van der Waals surface area contributed by atoms with Crippen molar-refractivity contribution in [1.82, 2.24) is 14.6 Å². The lowest BCUT2D eigenvalue weighted by Crippen LogP contribution is -2.21. The van der Waals surface area contributed by atoms with E-state index in [1.807, 2.05) is 36.5 Å². The molecule has 9 nitrogen and oxygen atoms in total. The van der Waals surface area contributed by atoms with Gasteiger partial charge in [0.15, 0.2) is 34.4 Å². The number of rotatable bonds is 8. The van der Waals surface area contributed by atoms with Crippen molar-refractivity contribution in [2.24, 2.45) is 0 Å². The van der Waals surface area contributed by atoms with Crippen molar-refractivity contribution in [3.8, 4) is 39.9 Å². The van der Waals surface area contributed by atoms with E-state index in [2.05, 4.69) is 6.92 Å². The first-order chi connectivity index (χ1) is 18.5. The van der Waals surface area contributed by atoms with Crippen LogP contribution in [0.3, 0.4) is 0 Å². The lowest BCUT2D eigenvalue weighted by Gasteiger charge is -2.25. The van der Waals surface area contributed by atoms with E-state index >= 15 is 0 Å². The van der Waals surface area contributed by atoms with Crippen LogP contribution in [0, 0.1) is 0 Å². The Bertz CT molecular complexity index is 1500.